The highest BCUT2D eigenvalue weighted by Crippen LogP contribution is 2.40. The summed E-state index contributed by atoms with van der Waals surface area (Å²) in [6.07, 6.45) is 1.27. The van der Waals surface area contributed by atoms with Crippen LogP contribution in [-0.2, 0) is 17.6 Å². The number of rotatable bonds is 6. The minimum atomic E-state index is -0.0969. The molecule has 0 atom stereocenters. The number of amides is 1. The van der Waals surface area contributed by atoms with E-state index in [2.05, 4.69) is 59.0 Å². The molecule has 4 aromatic rings. The highest BCUT2D eigenvalue weighted by Gasteiger charge is 2.22. The van der Waals surface area contributed by atoms with E-state index < -0.39 is 0 Å². The average molecular weight is 506 g/mol. The van der Waals surface area contributed by atoms with Gasteiger partial charge in [0.25, 0.3) is 0 Å². The zero-order valence-electron chi connectivity index (χ0n) is 19.0. The normalized spacial score (nSPS) is 12.6. The molecule has 2 heterocycles. The zero-order valence-corrected chi connectivity index (χ0v) is 21.4. The van der Waals surface area contributed by atoms with Crippen molar-refractivity contribution in [2.24, 2.45) is 0 Å². The van der Waals surface area contributed by atoms with Gasteiger partial charge in [0, 0.05) is 26.9 Å². The lowest BCUT2D eigenvalue weighted by Crippen LogP contribution is -2.14. The standard InChI is InChI=1S/C27H24ClN3OS2/c1-17-6-3-4-9-24(17)34-31-13-12-20-16-21(10-11-23(20)31)26-18(2)33-27(30-26)29-25(32)15-19-7-5-8-22(28)14-19/h3-11,14,16H,12-13,15H2,1-2H3,(H,29,30,32). The smallest absolute Gasteiger partial charge is 0.230 e. The summed E-state index contributed by atoms with van der Waals surface area (Å²) >= 11 is 9.34. The first-order chi connectivity index (χ1) is 16.5. The van der Waals surface area contributed by atoms with E-state index in [9.17, 15) is 4.79 Å². The van der Waals surface area contributed by atoms with Crippen molar-refractivity contribution in [1.82, 2.24) is 4.98 Å². The molecule has 1 aliphatic heterocycles. The molecule has 0 saturated carbocycles. The summed E-state index contributed by atoms with van der Waals surface area (Å²) in [5.41, 5.74) is 6.78. The third kappa shape index (κ3) is 4.99. The lowest BCUT2D eigenvalue weighted by Gasteiger charge is -2.19. The predicted molar refractivity (Wildman–Crippen MR) is 144 cm³/mol. The number of fused-ring (bicyclic) bond motifs is 1. The SMILES string of the molecule is Cc1ccccc1SN1CCc2cc(-c3nc(NC(=O)Cc4cccc(Cl)c4)sc3C)ccc21. The summed E-state index contributed by atoms with van der Waals surface area (Å²) in [6.45, 7) is 5.19. The molecule has 4 nitrogen and oxygen atoms in total. The van der Waals surface area contributed by atoms with Gasteiger partial charge in [-0.15, -0.1) is 11.3 Å². The Morgan fingerprint density at radius 3 is 2.79 bits per heavy atom. The van der Waals surface area contributed by atoms with Gasteiger partial charge in [-0.25, -0.2) is 4.98 Å². The summed E-state index contributed by atoms with van der Waals surface area (Å²) in [7, 11) is 0. The molecule has 7 heteroatoms. The fraction of sp³-hybridized carbons (Fsp3) is 0.185. The second kappa shape index (κ2) is 9.82. The van der Waals surface area contributed by atoms with Crippen molar-refractivity contribution in [1.29, 1.82) is 0 Å². The summed E-state index contributed by atoms with van der Waals surface area (Å²) in [4.78, 5) is 19.6. The number of hydrogen-bond donors (Lipinski definition) is 1. The van der Waals surface area contributed by atoms with Crippen LogP contribution in [0.2, 0.25) is 5.02 Å². The van der Waals surface area contributed by atoms with Crippen LogP contribution in [0.25, 0.3) is 11.3 Å². The van der Waals surface area contributed by atoms with Gasteiger partial charge in [0.15, 0.2) is 5.13 Å². The number of thiazole rings is 1. The molecular formula is C27H24ClN3OS2. The van der Waals surface area contributed by atoms with Crippen LogP contribution in [0.5, 0.6) is 0 Å². The van der Waals surface area contributed by atoms with Gasteiger partial charge in [-0.05, 0) is 79.2 Å². The first-order valence-electron chi connectivity index (χ1n) is 11.1. The van der Waals surface area contributed by atoms with Crippen molar-refractivity contribution in [3.8, 4) is 11.3 Å². The second-order valence-corrected chi connectivity index (χ2v) is 11.0. The van der Waals surface area contributed by atoms with Crippen molar-refractivity contribution < 1.29 is 4.79 Å². The Morgan fingerprint density at radius 1 is 1.12 bits per heavy atom. The Kier molecular flexibility index (Phi) is 6.63. The predicted octanol–water partition coefficient (Wildman–Crippen LogP) is 7.33. The van der Waals surface area contributed by atoms with Crippen LogP contribution in [0.3, 0.4) is 0 Å². The van der Waals surface area contributed by atoms with E-state index >= 15 is 0 Å². The van der Waals surface area contributed by atoms with Crippen molar-refractivity contribution in [3.05, 3.63) is 93.3 Å². The molecular weight excluding hydrogens is 482 g/mol. The molecule has 0 fully saturated rings. The third-order valence-corrected chi connectivity index (χ3v) is 8.18. The fourth-order valence-electron chi connectivity index (χ4n) is 4.10. The highest BCUT2D eigenvalue weighted by molar-refractivity contribution is 8.00. The molecule has 1 amide bonds. The van der Waals surface area contributed by atoms with Gasteiger partial charge >= 0.3 is 0 Å². The first-order valence-corrected chi connectivity index (χ1v) is 13.1. The van der Waals surface area contributed by atoms with Crippen molar-refractivity contribution in [2.75, 3.05) is 16.2 Å². The van der Waals surface area contributed by atoms with Gasteiger partial charge in [0.1, 0.15) is 0 Å². The summed E-state index contributed by atoms with van der Waals surface area (Å²) < 4.78 is 2.37. The molecule has 0 bridgehead atoms. The van der Waals surface area contributed by atoms with Crippen LogP contribution in [0.1, 0.15) is 21.6 Å². The van der Waals surface area contributed by atoms with Crippen molar-refractivity contribution >= 4 is 51.6 Å². The molecule has 0 saturated heterocycles. The third-order valence-electron chi connectivity index (χ3n) is 5.80. The minimum Gasteiger partial charge on any atom is -0.312 e. The molecule has 3 aromatic carbocycles. The first kappa shape index (κ1) is 23.0. The number of aromatic nitrogens is 1. The Morgan fingerprint density at radius 2 is 1.97 bits per heavy atom. The van der Waals surface area contributed by atoms with Gasteiger partial charge in [0.05, 0.1) is 17.8 Å². The van der Waals surface area contributed by atoms with Gasteiger partial charge in [-0.3, -0.25) is 4.79 Å². The van der Waals surface area contributed by atoms with Crippen molar-refractivity contribution in [3.63, 3.8) is 0 Å². The molecule has 0 spiro atoms. The van der Waals surface area contributed by atoms with Crippen LogP contribution in [-0.4, -0.2) is 17.4 Å². The van der Waals surface area contributed by atoms with E-state index in [1.807, 2.05) is 25.1 Å². The minimum absolute atomic E-state index is 0.0969. The number of aryl methyl sites for hydroxylation is 2. The van der Waals surface area contributed by atoms with Crippen LogP contribution in [0.15, 0.2) is 71.6 Å². The number of nitrogens with one attached hydrogen (secondary N) is 1. The number of halogens is 1. The van der Waals surface area contributed by atoms with Crippen LogP contribution in [0, 0.1) is 13.8 Å². The monoisotopic (exact) mass is 505 g/mol. The Hall–Kier alpha value is -2.80. The lowest BCUT2D eigenvalue weighted by atomic mass is 10.1. The number of benzene rings is 3. The highest BCUT2D eigenvalue weighted by atomic mass is 35.5. The number of nitrogens with zero attached hydrogens (tertiary/aromatic N) is 2. The summed E-state index contributed by atoms with van der Waals surface area (Å²) in [6, 6.07) is 22.4. The molecule has 34 heavy (non-hydrogen) atoms. The molecule has 5 rings (SSSR count). The van der Waals surface area contributed by atoms with Gasteiger partial charge in [0.2, 0.25) is 5.91 Å². The van der Waals surface area contributed by atoms with Crippen molar-refractivity contribution in [2.45, 2.75) is 31.6 Å². The van der Waals surface area contributed by atoms with Gasteiger partial charge < -0.3 is 9.62 Å². The van der Waals surface area contributed by atoms with E-state index in [1.54, 1.807) is 18.0 Å². The Balaban J connectivity index is 1.30. The average Bonchev–Trinajstić information content (AvgIpc) is 3.37. The van der Waals surface area contributed by atoms with E-state index in [0.717, 1.165) is 34.7 Å². The maximum Gasteiger partial charge on any atom is 0.230 e. The number of hydrogen-bond acceptors (Lipinski definition) is 5. The summed E-state index contributed by atoms with van der Waals surface area (Å²) in [5, 5.41) is 4.20. The molecule has 0 aliphatic carbocycles. The quantitative estimate of drug-likeness (QED) is 0.278. The van der Waals surface area contributed by atoms with Crippen LogP contribution in [0.4, 0.5) is 10.8 Å². The second-order valence-electron chi connectivity index (χ2n) is 8.33. The Labute approximate surface area is 213 Å². The maximum absolute atomic E-state index is 12.5. The lowest BCUT2D eigenvalue weighted by molar-refractivity contribution is -0.115. The molecule has 1 N–H and O–H groups in total. The maximum atomic E-state index is 12.5. The van der Waals surface area contributed by atoms with Gasteiger partial charge in [-0.1, -0.05) is 48.0 Å². The van der Waals surface area contributed by atoms with Gasteiger partial charge in [-0.2, -0.15) is 0 Å². The fourth-order valence-corrected chi connectivity index (χ4v) is 6.22. The van der Waals surface area contributed by atoms with E-state index in [4.69, 9.17) is 16.6 Å². The number of carbonyl (C=O) groups is 1. The molecule has 172 valence electrons. The van der Waals surface area contributed by atoms with E-state index in [0.29, 0.717) is 10.2 Å². The number of carbonyl (C=O) groups excluding carboxylic acids is 1. The van der Waals surface area contributed by atoms with Crippen LogP contribution >= 0.6 is 34.9 Å². The molecule has 1 aliphatic rings. The number of anilines is 2. The topological polar surface area (TPSA) is 45.2 Å². The molecule has 1 aromatic heterocycles. The Bertz CT molecular complexity index is 1370. The largest absolute Gasteiger partial charge is 0.312 e. The zero-order chi connectivity index (χ0) is 23.7. The summed E-state index contributed by atoms with van der Waals surface area (Å²) in [5.74, 6) is -0.0969. The van der Waals surface area contributed by atoms with E-state index in [-0.39, 0.29) is 12.3 Å². The van der Waals surface area contributed by atoms with E-state index in [1.165, 1.54) is 33.0 Å². The molecule has 0 radical (unpaired) electrons. The molecule has 0 unspecified atom stereocenters. The van der Waals surface area contributed by atoms with Crippen LogP contribution < -0.4 is 9.62 Å².